The topological polar surface area (TPSA) is 75.9 Å². The Kier molecular flexibility index (Phi) is 3.47. The first-order valence-corrected chi connectivity index (χ1v) is 6.24. The van der Waals surface area contributed by atoms with Gasteiger partial charge in [-0.25, -0.2) is 15.8 Å². The highest BCUT2D eigenvalue weighted by molar-refractivity contribution is 5.57. The molecule has 4 N–H and O–H groups in total. The normalized spacial score (nSPS) is 22.4. The maximum atomic E-state index is 5.44. The van der Waals surface area contributed by atoms with Gasteiger partial charge < -0.3 is 10.7 Å². The standard InChI is InChI=1S/C12H21N5/c1-4-5-9-6-10(9)16-11-7(2)12(17-13)15-8(3)14-11/h9-10H,4-6,13H2,1-3H3,(H2,14,15,16,17). The van der Waals surface area contributed by atoms with Gasteiger partial charge in [-0.2, -0.15) is 0 Å². The van der Waals surface area contributed by atoms with E-state index in [0.717, 1.165) is 23.1 Å². The van der Waals surface area contributed by atoms with Crippen LogP contribution in [0.2, 0.25) is 0 Å². The second kappa shape index (κ2) is 4.87. The van der Waals surface area contributed by atoms with Crippen molar-refractivity contribution in [3.63, 3.8) is 0 Å². The molecule has 0 spiro atoms. The third-order valence-corrected chi connectivity index (χ3v) is 3.30. The maximum Gasteiger partial charge on any atom is 0.148 e. The van der Waals surface area contributed by atoms with Crippen LogP contribution >= 0.6 is 0 Å². The number of nitrogens with zero attached hydrogens (tertiary/aromatic N) is 2. The molecule has 1 aliphatic rings. The minimum absolute atomic E-state index is 0.577. The molecule has 0 saturated heterocycles. The molecule has 0 aromatic carbocycles. The summed E-state index contributed by atoms with van der Waals surface area (Å²) in [6.45, 7) is 6.09. The fourth-order valence-corrected chi connectivity index (χ4v) is 2.20. The molecule has 0 radical (unpaired) electrons. The Labute approximate surface area is 102 Å². The lowest BCUT2D eigenvalue weighted by Gasteiger charge is -2.12. The van der Waals surface area contributed by atoms with Crippen LogP contribution in [-0.4, -0.2) is 16.0 Å². The molecule has 2 atom stereocenters. The quantitative estimate of drug-likeness (QED) is 0.537. The third-order valence-electron chi connectivity index (χ3n) is 3.30. The fourth-order valence-electron chi connectivity index (χ4n) is 2.20. The molecule has 2 unspecified atom stereocenters. The van der Waals surface area contributed by atoms with Crippen molar-refractivity contribution in [2.45, 2.75) is 46.1 Å². The predicted molar refractivity (Wildman–Crippen MR) is 69.7 cm³/mol. The summed E-state index contributed by atoms with van der Waals surface area (Å²) in [5.41, 5.74) is 3.60. The molecule has 1 aromatic rings. The van der Waals surface area contributed by atoms with Gasteiger partial charge in [0.2, 0.25) is 0 Å². The van der Waals surface area contributed by atoms with Gasteiger partial charge in [-0.15, -0.1) is 0 Å². The molecule has 1 heterocycles. The summed E-state index contributed by atoms with van der Waals surface area (Å²) in [5.74, 6) is 8.60. The summed E-state index contributed by atoms with van der Waals surface area (Å²) in [7, 11) is 0. The van der Waals surface area contributed by atoms with Crippen molar-refractivity contribution in [2.24, 2.45) is 11.8 Å². The maximum absolute atomic E-state index is 5.44. The Morgan fingerprint density at radius 2 is 2.00 bits per heavy atom. The minimum Gasteiger partial charge on any atom is -0.367 e. The van der Waals surface area contributed by atoms with E-state index in [0.29, 0.717) is 11.9 Å². The second-order valence-electron chi connectivity index (χ2n) is 4.77. The summed E-state index contributed by atoms with van der Waals surface area (Å²) in [6.07, 6.45) is 3.80. The van der Waals surface area contributed by atoms with E-state index >= 15 is 0 Å². The van der Waals surface area contributed by atoms with Gasteiger partial charge in [-0.05, 0) is 32.6 Å². The zero-order valence-electron chi connectivity index (χ0n) is 10.7. The van der Waals surface area contributed by atoms with E-state index in [1.165, 1.54) is 19.3 Å². The zero-order valence-corrected chi connectivity index (χ0v) is 10.7. The number of anilines is 2. The van der Waals surface area contributed by atoms with Gasteiger partial charge in [0.05, 0.1) is 0 Å². The largest absolute Gasteiger partial charge is 0.367 e. The van der Waals surface area contributed by atoms with Crippen LogP contribution in [0.25, 0.3) is 0 Å². The number of aryl methyl sites for hydroxylation is 1. The molecule has 17 heavy (non-hydrogen) atoms. The highest BCUT2D eigenvalue weighted by atomic mass is 15.3. The first kappa shape index (κ1) is 12.1. The highest BCUT2D eigenvalue weighted by Gasteiger charge is 2.36. The molecule has 1 saturated carbocycles. The Hall–Kier alpha value is -1.36. The number of hydrogen-bond acceptors (Lipinski definition) is 5. The van der Waals surface area contributed by atoms with E-state index in [1.54, 1.807) is 0 Å². The Morgan fingerprint density at radius 1 is 1.29 bits per heavy atom. The minimum atomic E-state index is 0.577. The fraction of sp³-hybridized carbons (Fsp3) is 0.667. The summed E-state index contributed by atoms with van der Waals surface area (Å²) in [6, 6.07) is 0.577. The molecule has 0 aliphatic heterocycles. The van der Waals surface area contributed by atoms with Gasteiger partial charge >= 0.3 is 0 Å². The first-order chi connectivity index (χ1) is 8.15. The first-order valence-electron chi connectivity index (χ1n) is 6.24. The molecular formula is C12H21N5. The van der Waals surface area contributed by atoms with Crippen molar-refractivity contribution in [3.05, 3.63) is 11.4 Å². The van der Waals surface area contributed by atoms with Crippen LogP contribution in [0, 0.1) is 19.8 Å². The number of hydrogen-bond donors (Lipinski definition) is 3. The molecular weight excluding hydrogens is 214 g/mol. The summed E-state index contributed by atoms with van der Waals surface area (Å²) < 4.78 is 0. The Morgan fingerprint density at radius 3 is 2.65 bits per heavy atom. The van der Waals surface area contributed by atoms with E-state index in [-0.39, 0.29) is 0 Å². The number of aromatic nitrogens is 2. The van der Waals surface area contributed by atoms with Crippen molar-refractivity contribution < 1.29 is 0 Å². The van der Waals surface area contributed by atoms with Gasteiger partial charge in [0.15, 0.2) is 0 Å². The van der Waals surface area contributed by atoms with Crippen molar-refractivity contribution in [1.82, 2.24) is 9.97 Å². The smallest absolute Gasteiger partial charge is 0.148 e. The lowest BCUT2D eigenvalue weighted by atomic mass is 10.2. The van der Waals surface area contributed by atoms with E-state index in [4.69, 9.17) is 5.84 Å². The van der Waals surface area contributed by atoms with Gasteiger partial charge in [0, 0.05) is 11.6 Å². The van der Waals surface area contributed by atoms with Crippen LogP contribution in [0.1, 0.15) is 37.6 Å². The van der Waals surface area contributed by atoms with Crippen molar-refractivity contribution in [3.8, 4) is 0 Å². The van der Waals surface area contributed by atoms with Crippen molar-refractivity contribution in [2.75, 3.05) is 10.7 Å². The van der Waals surface area contributed by atoms with Crippen LogP contribution in [0.4, 0.5) is 11.6 Å². The van der Waals surface area contributed by atoms with E-state index in [2.05, 4.69) is 27.6 Å². The molecule has 0 bridgehead atoms. The third kappa shape index (κ3) is 2.66. The number of nitrogens with one attached hydrogen (secondary N) is 2. The van der Waals surface area contributed by atoms with E-state index in [1.807, 2.05) is 13.8 Å². The summed E-state index contributed by atoms with van der Waals surface area (Å²) >= 11 is 0. The average molecular weight is 235 g/mol. The van der Waals surface area contributed by atoms with Crippen molar-refractivity contribution in [1.29, 1.82) is 0 Å². The summed E-state index contributed by atoms with van der Waals surface area (Å²) in [5, 5.41) is 3.49. The Bertz CT molecular complexity index is 404. The van der Waals surface area contributed by atoms with Crippen LogP contribution in [0.15, 0.2) is 0 Å². The highest BCUT2D eigenvalue weighted by Crippen LogP contribution is 2.37. The number of nitrogens with two attached hydrogens (primary N) is 1. The molecule has 1 aliphatic carbocycles. The second-order valence-corrected chi connectivity index (χ2v) is 4.77. The Balaban J connectivity index is 2.08. The van der Waals surface area contributed by atoms with Gasteiger partial charge in [0.1, 0.15) is 17.5 Å². The zero-order chi connectivity index (χ0) is 12.4. The van der Waals surface area contributed by atoms with Gasteiger partial charge in [-0.1, -0.05) is 13.3 Å². The molecule has 1 aromatic heterocycles. The van der Waals surface area contributed by atoms with Crippen molar-refractivity contribution >= 4 is 11.6 Å². The molecule has 94 valence electrons. The van der Waals surface area contributed by atoms with Crippen LogP contribution in [-0.2, 0) is 0 Å². The number of hydrazine groups is 1. The summed E-state index contributed by atoms with van der Waals surface area (Å²) in [4.78, 5) is 8.69. The molecule has 1 fully saturated rings. The number of rotatable bonds is 5. The number of nitrogen functional groups attached to an aromatic ring is 1. The van der Waals surface area contributed by atoms with Crippen LogP contribution < -0.4 is 16.6 Å². The van der Waals surface area contributed by atoms with E-state index in [9.17, 15) is 0 Å². The monoisotopic (exact) mass is 235 g/mol. The van der Waals surface area contributed by atoms with Gasteiger partial charge in [-0.3, -0.25) is 0 Å². The molecule has 0 amide bonds. The molecule has 5 nitrogen and oxygen atoms in total. The van der Waals surface area contributed by atoms with Gasteiger partial charge in [0.25, 0.3) is 0 Å². The molecule has 5 heteroatoms. The average Bonchev–Trinajstić information content (AvgIpc) is 3.02. The SMILES string of the molecule is CCCC1CC1Nc1nc(C)nc(NN)c1C. The predicted octanol–water partition coefficient (Wildman–Crippen LogP) is 1.98. The lowest BCUT2D eigenvalue weighted by molar-refractivity contribution is 0.691. The van der Waals surface area contributed by atoms with Crippen LogP contribution in [0.5, 0.6) is 0 Å². The van der Waals surface area contributed by atoms with E-state index < -0.39 is 0 Å². The van der Waals surface area contributed by atoms with Crippen LogP contribution in [0.3, 0.4) is 0 Å². The molecule has 2 rings (SSSR count). The lowest BCUT2D eigenvalue weighted by Crippen LogP contribution is -2.15.